The van der Waals surface area contributed by atoms with Gasteiger partial charge in [-0.25, -0.2) is 4.39 Å². The summed E-state index contributed by atoms with van der Waals surface area (Å²) in [5.41, 5.74) is 0.660. The van der Waals surface area contributed by atoms with Crippen LogP contribution in [0.2, 0.25) is 0 Å². The van der Waals surface area contributed by atoms with Crippen molar-refractivity contribution in [3.8, 4) is 11.5 Å². The predicted octanol–water partition coefficient (Wildman–Crippen LogP) is 3.65. The van der Waals surface area contributed by atoms with Crippen LogP contribution in [0.3, 0.4) is 0 Å². The molecule has 102 valence electrons. The molecule has 0 saturated carbocycles. The number of hydrogen-bond acceptors (Lipinski definition) is 4. The summed E-state index contributed by atoms with van der Waals surface area (Å²) in [6, 6.07) is 7.67. The number of nitrogens with zero attached hydrogens (tertiary/aromatic N) is 1. The Kier molecular flexibility index (Phi) is 3.74. The molecule has 0 spiro atoms. The largest absolute Gasteiger partial charge is 0.457 e. The van der Waals surface area contributed by atoms with Crippen LogP contribution in [0.15, 0.2) is 36.4 Å². The molecule has 0 heterocycles. The molecule has 0 aliphatic carbocycles. The highest BCUT2D eigenvalue weighted by Crippen LogP contribution is 2.29. The molecule has 0 aromatic heterocycles. The Morgan fingerprint density at radius 3 is 2.65 bits per heavy atom. The molecule has 0 fully saturated rings. The van der Waals surface area contributed by atoms with E-state index in [2.05, 4.69) is 0 Å². The Morgan fingerprint density at radius 2 is 2.00 bits per heavy atom. The first kappa shape index (κ1) is 13.7. The van der Waals surface area contributed by atoms with E-state index in [0.29, 0.717) is 11.8 Å². The van der Waals surface area contributed by atoms with Crippen LogP contribution in [0.5, 0.6) is 11.5 Å². The molecule has 0 atom stereocenters. The molecule has 0 saturated heterocycles. The number of aldehydes is 1. The lowest BCUT2D eigenvalue weighted by molar-refractivity contribution is -0.384. The second-order valence-electron chi connectivity index (χ2n) is 4.15. The number of nitro benzene ring substituents is 1. The summed E-state index contributed by atoms with van der Waals surface area (Å²) in [4.78, 5) is 20.8. The van der Waals surface area contributed by atoms with Crippen molar-refractivity contribution in [3.05, 3.63) is 63.5 Å². The van der Waals surface area contributed by atoms with Gasteiger partial charge in [0.15, 0.2) is 0 Å². The normalized spacial score (nSPS) is 10.1. The van der Waals surface area contributed by atoms with Crippen molar-refractivity contribution >= 4 is 12.0 Å². The van der Waals surface area contributed by atoms with Gasteiger partial charge >= 0.3 is 0 Å². The van der Waals surface area contributed by atoms with E-state index in [1.165, 1.54) is 24.3 Å². The minimum absolute atomic E-state index is 0.107. The van der Waals surface area contributed by atoms with Crippen LogP contribution >= 0.6 is 0 Å². The molecular formula is C14H10FNO4. The van der Waals surface area contributed by atoms with Gasteiger partial charge in [-0.3, -0.25) is 14.9 Å². The fourth-order valence-corrected chi connectivity index (χ4v) is 1.65. The van der Waals surface area contributed by atoms with Crippen molar-refractivity contribution in [2.45, 2.75) is 6.92 Å². The first-order chi connectivity index (χ1) is 9.49. The molecule has 0 bridgehead atoms. The molecule has 2 aromatic rings. The Labute approximate surface area is 113 Å². The highest BCUT2D eigenvalue weighted by atomic mass is 19.1. The lowest BCUT2D eigenvalue weighted by Crippen LogP contribution is -1.93. The molecular weight excluding hydrogens is 265 g/mol. The highest BCUT2D eigenvalue weighted by molar-refractivity contribution is 5.75. The SMILES string of the molecule is Cc1ccc([N+](=O)[O-])cc1Oc1cc(F)cc(C=O)c1. The van der Waals surface area contributed by atoms with Crippen molar-refractivity contribution in [2.75, 3.05) is 0 Å². The number of nitro groups is 1. The van der Waals surface area contributed by atoms with Crippen LogP contribution in [-0.2, 0) is 0 Å². The van der Waals surface area contributed by atoms with Gasteiger partial charge in [0.05, 0.1) is 11.0 Å². The summed E-state index contributed by atoms with van der Waals surface area (Å²) in [6.45, 7) is 1.71. The molecule has 0 radical (unpaired) electrons. The molecule has 2 aromatic carbocycles. The van der Waals surface area contributed by atoms with Crippen molar-refractivity contribution in [1.82, 2.24) is 0 Å². The van der Waals surface area contributed by atoms with E-state index in [0.717, 1.165) is 12.1 Å². The van der Waals surface area contributed by atoms with Crippen molar-refractivity contribution in [2.24, 2.45) is 0 Å². The summed E-state index contributed by atoms with van der Waals surface area (Å²) in [5, 5.41) is 10.7. The van der Waals surface area contributed by atoms with E-state index in [-0.39, 0.29) is 22.7 Å². The van der Waals surface area contributed by atoms with Crippen LogP contribution in [0, 0.1) is 22.9 Å². The first-order valence-electron chi connectivity index (χ1n) is 5.68. The number of carbonyl (C=O) groups excluding carboxylic acids is 1. The number of carbonyl (C=O) groups is 1. The Balaban J connectivity index is 2.38. The van der Waals surface area contributed by atoms with Gasteiger partial charge in [0.2, 0.25) is 0 Å². The van der Waals surface area contributed by atoms with Crippen molar-refractivity contribution in [1.29, 1.82) is 0 Å². The van der Waals surface area contributed by atoms with Crippen LogP contribution in [0.4, 0.5) is 10.1 Å². The zero-order chi connectivity index (χ0) is 14.7. The average molecular weight is 275 g/mol. The zero-order valence-corrected chi connectivity index (χ0v) is 10.5. The summed E-state index contributed by atoms with van der Waals surface area (Å²) in [5.74, 6) is -0.273. The number of hydrogen-bond donors (Lipinski definition) is 0. The molecule has 0 N–H and O–H groups in total. The number of rotatable bonds is 4. The average Bonchev–Trinajstić information content (AvgIpc) is 2.40. The number of benzene rings is 2. The molecule has 0 amide bonds. The summed E-state index contributed by atoms with van der Waals surface area (Å²) < 4.78 is 18.7. The van der Waals surface area contributed by atoms with Crippen molar-refractivity contribution < 1.29 is 18.8 Å². The third kappa shape index (κ3) is 2.97. The highest BCUT2D eigenvalue weighted by Gasteiger charge is 2.11. The monoisotopic (exact) mass is 275 g/mol. The zero-order valence-electron chi connectivity index (χ0n) is 10.5. The summed E-state index contributed by atoms with van der Waals surface area (Å²) >= 11 is 0. The van der Waals surface area contributed by atoms with Crippen LogP contribution < -0.4 is 4.74 Å². The molecule has 20 heavy (non-hydrogen) atoms. The molecule has 0 aliphatic heterocycles. The van der Waals surface area contributed by atoms with E-state index in [1.807, 2.05) is 0 Å². The lowest BCUT2D eigenvalue weighted by Gasteiger charge is -2.09. The standard InChI is InChI=1S/C14H10FNO4/c1-9-2-3-12(16(18)19)7-14(9)20-13-5-10(8-17)4-11(15)6-13/h2-8H,1H3. The number of halogens is 1. The predicted molar refractivity (Wildman–Crippen MR) is 69.7 cm³/mol. The quantitative estimate of drug-likeness (QED) is 0.485. The maximum absolute atomic E-state index is 13.3. The van der Waals surface area contributed by atoms with Crippen LogP contribution in [0.25, 0.3) is 0 Å². The lowest BCUT2D eigenvalue weighted by atomic mass is 10.2. The van der Waals surface area contributed by atoms with Crippen molar-refractivity contribution in [3.63, 3.8) is 0 Å². The summed E-state index contributed by atoms with van der Waals surface area (Å²) in [6.07, 6.45) is 0.496. The maximum atomic E-state index is 13.3. The maximum Gasteiger partial charge on any atom is 0.273 e. The molecule has 6 heteroatoms. The van der Waals surface area contributed by atoms with Gasteiger partial charge in [0.1, 0.15) is 23.6 Å². The second-order valence-corrected chi connectivity index (χ2v) is 4.15. The smallest absolute Gasteiger partial charge is 0.273 e. The van der Waals surface area contributed by atoms with Gasteiger partial charge in [0, 0.05) is 17.7 Å². The van der Waals surface area contributed by atoms with E-state index in [1.54, 1.807) is 6.92 Å². The molecule has 0 aliphatic rings. The summed E-state index contributed by atoms with van der Waals surface area (Å²) in [7, 11) is 0. The Bertz CT molecular complexity index is 685. The third-order valence-electron chi connectivity index (χ3n) is 2.64. The van der Waals surface area contributed by atoms with Crippen LogP contribution in [0.1, 0.15) is 15.9 Å². The number of non-ortho nitro benzene ring substituents is 1. The second kappa shape index (κ2) is 5.48. The minimum atomic E-state index is -0.618. The van der Waals surface area contributed by atoms with Gasteiger partial charge in [-0.1, -0.05) is 0 Å². The number of ether oxygens (including phenoxy) is 1. The fraction of sp³-hybridized carbons (Fsp3) is 0.0714. The van der Waals surface area contributed by atoms with Gasteiger partial charge in [-0.05, 0) is 30.7 Å². The Hall–Kier alpha value is -2.76. The molecule has 5 nitrogen and oxygen atoms in total. The van der Waals surface area contributed by atoms with E-state index < -0.39 is 10.7 Å². The van der Waals surface area contributed by atoms with E-state index in [4.69, 9.17) is 4.74 Å². The van der Waals surface area contributed by atoms with Gasteiger partial charge in [0.25, 0.3) is 5.69 Å². The minimum Gasteiger partial charge on any atom is -0.457 e. The van der Waals surface area contributed by atoms with Gasteiger partial charge in [-0.15, -0.1) is 0 Å². The molecule has 2 rings (SSSR count). The first-order valence-corrected chi connectivity index (χ1v) is 5.68. The molecule has 0 unspecified atom stereocenters. The fourth-order valence-electron chi connectivity index (χ4n) is 1.65. The Morgan fingerprint density at radius 1 is 1.25 bits per heavy atom. The van der Waals surface area contributed by atoms with Gasteiger partial charge < -0.3 is 4.74 Å². The third-order valence-corrected chi connectivity index (χ3v) is 2.64. The number of aryl methyl sites for hydroxylation is 1. The van der Waals surface area contributed by atoms with Gasteiger partial charge in [-0.2, -0.15) is 0 Å². The van der Waals surface area contributed by atoms with E-state index in [9.17, 15) is 19.3 Å². The van der Waals surface area contributed by atoms with Crippen LogP contribution in [-0.4, -0.2) is 11.2 Å². The topological polar surface area (TPSA) is 69.4 Å². The van der Waals surface area contributed by atoms with E-state index >= 15 is 0 Å².